The van der Waals surface area contributed by atoms with Crippen molar-refractivity contribution < 1.29 is 9.50 Å². The average Bonchev–Trinajstić information content (AvgIpc) is 2.71. The molecule has 0 aliphatic carbocycles. The van der Waals surface area contributed by atoms with Gasteiger partial charge in [-0.15, -0.1) is 0 Å². The van der Waals surface area contributed by atoms with Gasteiger partial charge in [-0.05, 0) is 30.3 Å². The minimum Gasteiger partial charge on any atom is -0.508 e. The van der Waals surface area contributed by atoms with E-state index in [2.05, 4.69) is 9.97 Å². The zero-order valence-electron chi connectivity index (χ0n) is 9.31. The molecule has 0 aliphatic rings. The fourth-order valence-corrected chi connectivity index (χ4v) is 1.85. The number of benzene rings is 2. The molecule has 3 aromatic rings. The van der Waals surface area contributed by atoms with E-state index in [1.807, 2.05) is 0 Å². The van der Waals surface area contributed by atoms with E-state index in [1.165, 1.54) is 12.1 Å². The van der Waals surface area contributed by atoms with Crippen molar-refractivity contribution in [3.8, 4) is 17.1 Å². The lowest BCUT2D eigenvalue weighted by Crippen LogP contribution is -1.90. The maximum atomic E-state index is 13.8. The Labute approximate surface area is 102 Å². The summed E-state index contributed by atoms with van der Waals surface area (Å²) >= 11 is 0. The van der Waals surface area contributed by atoms with Crippen molar-refractivity contribution in [2.24, 2.45) is 0 Å². The molecule has 1 aromatic heterocycles. The molecule has 0 saturated heterocycles. The number of hydrogen-bond acceptors (Lipinski definition) is 3. The van der Waals surface area contributed by atoms with Crippen LogP contribution in [0.4, 0.5) is 10.1 Å². The second-order valence-electron chi connectivity index (χ2n) is 4.03. The van der Waals surface area contributed by atoms with Crippen molar-refractivity contribution in [1.82, 2.24) is 9.97 Å². The Morgan fingerprint density at radius 2 is 2.00 bits per heavy atom. The van der Waals surface area contributed by atoms with Crippen molar-refractivity contribution in [3.63, 3.8) is 0 Å². The van der Waals surface area contributed by atoms with Gasteiger partial charge in [0.15, 0.2) is 0 Å². The van der Waals surface area contributed by atoms with Crippen molar-refractivity contribution in [3.05, 3.63) is 42.2 Å². The predicted octanol–water partition coefficient (Wildman–Crippen LogP) is 2.66. The van der Waals surface area contributed by atoms with Gasteiger partial charge in [-0.2, -0.15) is 0 Å². The van der Waals surface area contributed by atoms with Crippen LogP contribution in [-0.2, 0) is 0 Å². The number of nitrogens with zero attached hydrogens (tertiary/aromatic N) is 1. The van der Waals surface area contributed by atoms with Crippen LogP contribution in [0.15, 0.2) is 36.4 Å². The maximum absolute atomic E-state index is 13.8. The summed E-state index contributed by atoms with van der Waals surface area (Å²) in [5, 5.41) is 9.36. The van der Waals surface area contributed by atoms with Crippen molar-refractivity contribution >= 4 is 16.7 Å². The predicted molar refractivity (Wildman–Crippen MR) is 67.6 cm³/mol. The van der Waals surface area contributed by atoms with Crippen LogP contribution in [0.1, 0.15) is 0 Å². The number of nitrogens with one attached hydrogen (secondary N) is 1. The van der Waals surface area contributed by atoms with E-state index in [0.717, 1.165) is 0 Å². The van der Waals surface area contributed by atoms with Crippen LogP contribution in [0.2, 0.25) is 0 Å². The lowest BCUT2D eigenvalue weighted by atomic mass is 10.2. The third-order valence-electron chi connectivity index (χ3n) is 2.71. The Balaban J connectivity index is 2.19. The summed E-state index contributed by atoms with van der Waals surface area (Å²) in [4.78, 5) is 7.23. The smallest absolute Gasteiger partial charge is 0.141 e. The second kappa shape index (κ2) is 3.73. The van der Waals surface area contributed by atoms with E-state index in [0.29, 0.717) is 28.1 Å². The van der Waals surface area contributed by atoms with Gasteiger partial charge in [0.1, 0.15) is 17.4 Å². The number of aromatic nitrogens is 2. The van der Waals surface area contributed by atoms with Crippen LogP contribution in [0, 0.1) is 5.82 Å². The van der Waals surface area contributed by atoms with Gasteiger partial charge < -0.3 is 15.8 Å². The monoisotopic (exact) mass is 243 g/mol. The molecular weight excluding hydrogens is 233 g/mol. The zero-order valence-corrected chi connectivity index (χ0v) is 9.31. The normalized spacial score (nSPS) is 10.9. The highest BCUT2D eigenvalue weighted by Crippen LogP contribution is 2.26. The first-order chi connectivity index (χ1) is 8.63. The fourth-order valence-electron chi connectivity index (χ4n) is 1.85. The van der Waals surface area contributed by atoms with Crippen LogP contribution in [0.25, 0.3) is 22.4 Å². The van der Waals surface area contributed by atoms with Gasteiger partial charge in [-0.25, -0.2) is 9.37 Å². The number of rotatable bonds is 1. The first kappa shape index (κ1) is 10.6. The SMILES string of the molecule is Nc1ccc(-c2nc3ccc(O)cc3[nH]2)c(F)c1. The summed E-state index contributed by atoms with van der Waals surface area (Å²) < 4.78 is 13.8. The Morgan fingerprint density at radius 1 is 1.17 bits per heavy atom. The summed E-state index contributed by atoms with van der Waals surface area (Å²) in [5.41, 5.74) is 7.53. The molecular formula is C13H10FN3O. The molecule has 0 spiro atoms. The number of phenolic OH excluding ortho intramolecular Hbond substituents is 1. The molecule has 3 rings (SSSR count). The van der Waals surface area contributed by atoms with Gasteiger partial charge in [0.25, 0.3) is 0 Å². The number of anilines is 1. The molecule has 4 N–H and O–H groups in total. The summed E-state index contributed by atoms with van der Waals surface area (Å²) in [7, 11) is 0. The van der Waals surface area contributed by atoms with Gasteiger partial charge in [0.2, 0.25) is 0 Å². The first-order valence-electron chi connectivity index (χ1n) is 5.37. The standard InChI is InChI=1S/C13H10FN3O/c14-10-5-7(15)1-3-9(10)13-16-11-4-2-8(18)6-12(11)17-13/h1-6,18H,15H2,(H,16,17). The van der Waals surface area contributed by atoms with E-state index in [-0.39, 0.29) is 5.75 Å². The highest BCUT2D eigenvalue weighted by Gasteiger charge is 2.10. The zero-order chi connectivity index (χ0) is 12.7. The molecule has 0 aliphatic heterocycles. The van der Waals surface area contributed by atoms with E-state index in [4.69, 9.17) is 5.73 Å². The lowest BCUT2D eigenvalue weighted by Gasteiger charge is -1.99. The highest BCUT2D eigenvalue weighted by atomic mass is 19.1. The van der Waals surface area contributed by atoms with Gasteiger partial charge in [-0.1, -0.05) is 0 Å². The number of phenols is 1. The molecule has 0 amide bonds. The topological polar surface area (TPSA) is 74.9 Å². The molecule has 1 heterocycles. The van der Waals surface area contributed by atoms with Crippen LogP contribution in [0.3, 0.4) is 0 Å². The number of hydrogen-bond donors (Lipinski definition) is 3. The third kappa shape index (κ3) is 1.66. The molecule has 18 heavy (non-hydrogen) atoms. The number of imidazole rings is 1. The fraction of sp³-hybridized carbons (Fsp3) is 0. The largest absolute Gasteiger partial charge is 0.508 e. The third-order valence-corrected chi connectivity index (χ3v) is 2.71. The molecule has 0 atom stereocenters. The average molecular weight is 243 g/mol. The van der Waals surface area contributed by atoms with E-state index >= 15 is 0 Å². The maximum Gasteiger partial charge on any atom is 0.141 e. The molecule has 90 valence electrons. The van der Waals surface area contributed by atoms with Crippen molar-refractivity contribution in [1.29, 1.82) is 0 Å². The Morgan fingerprint density at radius 3 is 2.78 bits per heavy atom. The summed E-state index contributed by atoms with van der Waals surface area (Å²) in [6, 6.07) is 9.18. The van der Waals surface area contributed by atoms with Gasteiger partial charge in [0.05, 0.1) is 16.6 Å². The Bertz CT molecular complexity index is 736. The first-order valence-corrected chi connectivity index (χ1v) is 5.37. The molecule has 0 unspecified atom stereocenters. The molecule has 0 bridgehead atoms. The lowest BCUT2D eigenvalue weighted by molar-refractivity contribution is 0.476. The number of H-pyrrole nitrogens is 1. The number of halogens is 1. The number of nitrogen functional groups attached to an aromatic ring is 1. The summed E-state index contributed by atoms with van der Waals surface area (Å²) in [6.45, 7) is 0. The quantitative estimate of drug-likeness (QED) is 0.575. The van der Waals surface area contributed by atoms with E-state index in [9.17, 15) is 9.50 Å². The minimum absolute atomic E-state index is 0.135. The second-order valence-corrected chi connectivity index (χ2v) is 4.03. The number of fused-ring (bicyclic) bond motifs is 1. The molecule has 0 saturated carbocycles. The molecule has 0 radical (unpaired) electrons. The van der Waals surface area contributed by atoms with Gasteiger partial charge in [0, 0.05) is 11.8 Å². The van der Waals surface area contributed by atoms with Crippen LogP contribution >= 0.6 is 0 Å². The Kier molecular flexibility index (Phi) is 2.19. The molecule has 5 heteroatoms. The van der Waals surface area contributed by atoms with Gasteiger partial charge in [-0.3, -0.25) is 0 Å². The van der Waals surface area contributed by atoms with E-state index in [1.54, 1.807) is 24.3 Å². The van der Waals surface area contributed by atoms with Crippen LogP contribution in [-0.4, -0.2) is 15.1 Å². The molecule has 4 nitrogen and oxygen atoms in total. The van der Waals surface area contributed by atoms with Gasteiger partial charge >= 0.3 is 0 Å². The molecule has 0 fully saturated rings. The highest BCUT2D eigenvalue weighted by molar-refractivity contribution is 5.80. The van der Waals surface area contributed by atoms with Crippen molar-refractivity contribution in [2.75, 3.05) is 5.73 Å². The summed E-state index contributed by atoms with van der Waals surface area (Å²) in [6.07, 6.45) is 0. The number of nitrogens with two attached hydrogens (primary N) is 1. The summed E-state index contributed by atoms with van der Waals surface area (Å²) in [5.74, 6) is 0.113. The minimum atomic E-state index is -0.432. The number of aromatic amines is 1. The Hall–Kier alpha value is -2.56. The van der Waals surface area contributed by atoms with E-state index < -0.39 is 5.82 Å². The molecule has 2 aromatic carbocycles. The van der Waals surface area contributed by atoms with Crippen LogP contribution < -0.4 is 5.73 Å². The number of aromatic hydroxyl groups is 1. The van der Waals surface area contributed by atoms with Crippen LogP contribution in [0.5, 0.6) is 5.75 Å². The van der Waals surface area contributed by atoms with Crippen molar-refractivity contribution in [2.45, 2.75) is 0 Å².